The molecular formula is C42H32Cl2SiZr. The first-order valence-electron chi connectivity index (χ1n) is 15.5. The van der Waals surface area contributed by atoms with Crippen molar-refractivity contribution < 1.29 is 20.8 Å². The molecular weight excluding hydrogens is 695 g/mol. The molecule has 0 aromatic heterocycles. The molecule has 0 aliphatic carbocycles. The van der Waals surface area contributed by atoms with Crippen molar-refractivity contribution in [2.45, 2.75) is 19.8 Å². The fraction of sp³-hybridized carbons (Fsp3) is 0.0714. The van der Waals surface area contributed by atoms with Crippen LogP contribution in [0.3, 0.4) is 0 Å². The van der Waals surface area contributed by atoms with Crippen LogP contribution < -0.4 is 10.4 Å². The first-order chi connectivity index (χ1) is 22.7. The molecule has 1 heterocycles. The molecule has 0 N–H and O–H groups in total. The van der Waals surface area contributed by atoms with Gasteiger partial charge in [0.1, 0.15) is 0 Å². The third-order valence-corrected chi connectivity index (χ3v) is 9.56. The SMILES string of the molecule is CCCc1cc2c(-c3ccccc3-c3ccccc3)c(-c3ccccc3)ccc2[cH-]1.[Cl][Zr+2][Cl].[c-]1cccc2c1[Si]c1ccccc1-2. The predicted octanol–water partition coefficient (Wildman–Crippen LogP) is 11.0. The van der Waals surface area contributed by atoms with Crippen LogP contribution in [0.25, 0.3) is 55.3 Å². The molecule has 46 heavy (non-hydrogen) atoms. The van der Waals surface area contributed by atoms with Gasteiger partial charge in [0, 0.05) is 0 Å². The van der Waals surface area contributed by atoms with Gasteiger partial charge in [-0.05, 0) is 34.2 Å². The van der Waals surface area contributed by atoms with Crippen molar-refractivity contribution in [2.75, 3.05) is 0 Å². The fourth-order valence-corrected chi connectivity index (χ4v) is 7.53. The van der Waals surface area contributed by atoms with Crippen molar-refractivity contribution in [2.24, 2.45) is 0 Å². The quantitative estimate of drug-likeness (QED) is 0.122. The zero-order valence-electron chi connectivity index (χ0n) is 25.6. The summed E-state index contributed by atoms with van der Waals surface area (Å²) in [5.74, 6) is 0. The maximum Gasteiger partial charge on any atom is 0.0920 e. The van der Waals surface area contributed by atoms with Gasteiger partial charge in [-0.3, -0.25) is 0 Å². The molecule has 0 unspecified atom stereocenters. The molecule has 8 rings (SSSR count). The topological polar surface area (TPSA) is 0 Å². The van der Waals surface area contributed by atoms with Crippen LogP contribution in [0.15, 0.2) is 152 Å². The summed E-state index contributed by atoms with van der Waals surface area (Å²) in [6, 6.07) is 57.8. The molecule has 0 spiro atoms. The molecule has 1 aliphatic heterocycles. The molecule has 7 aromatic carbocycles. The predicted molar refractivity (Wildman–Crippen MR) is 197 cm³/mol. The van der Waals surface area contributed by atoms with E-state index in [1.165, 1.54) is 71.2 Å². The monoisotopic (exact) mass is 724 g/mol. The second kappa shape index (κ2) is 15.9. The van der Waals surface area contributed by atoms with E-state index in [1.807, 2.05) is 6.07 Å². The first-order valence-corrected chi connectivity index (χ1v) is 22.8. The number of hydrogen-bond acceptors (Lipinski definition) is 0. The Bertz CT molecular complexity index is 1990. The average Bonchev–Trinajstić information content (AvgIpc) is 3.70. The number of halogens is 2. The van der Waals surface area contributed by atoms with Gasteiger partial charge in [-0.15, -0.1) is 34.0 Å². The summed E-state index contributed by atoms with van der Waals surface area (Å²) >= 11 is -0.826. The number of benzene rings is 6. The van der Waals surface area contributed by atoms with Gasteiger partial charge >= 0.3 is 37.9 Å². The molecule has 0 saturated heterocycles. The van der Waals surface area contributed by atoms with Gasteiger partial charge in [-0.25, -0.2) is 0 Å². The van der Waals surface area contributed by atoms with Gasteiger partial charge in [-0.1, -0.05) is 145 Å². The molecule has 0 saturated carbocycles. The zero-order valence-corrected chi connectivity index (χ0v) is 30.6. The minimum Gasteiger partial charge on any atom is -0.184 e. The molecule has 7 aromatic rings. The smallest absolute Gasteiger partial charge is 0.0920 e. The number of fused-ring (bicyclic) bond motifs is 4. The summed E-state index contributed by atoms with van der Waals surface area (Å²) in [4.78, 5) is 0. The van der Waals surface area contributed by atoms with Crippen molar-refractivity contribution in [3.63, 3.8) is 0 Å². The zero-order chi connectivity index (χ0) is 31.7. The van der Waals surface area contributed by atoms with Crippen molar-refractivity contribution in [3.05, 3.63) is 163 Å². The van der Waals surface area contributed by atoms with Gasteiger partial charge < -0.3 is 0 Å². The second-order valence-electron chi connectivity index (χ2n) is 11.1. The Kier molecular flexibility index (Phi) is 11.3. The molecule has 0 amide bonds. The Morgan fingerprint density at radius 3 is 1.91 bits per heavy atom. The first kappa shape index (κ1) is 32.5. The molecule has 2 radical (unpaired) electrons. The van der Waals surface area contributed by atoms with Crippen LogP contribution in [0, 0.1) is 6.07 Å². The van der Waals surface area contributed by atoms with E-state index >= 15 is 0 Å². The average molecular weight is 727 g/mol. The van der Waals surface area contributed by atoms with Gasteiger partial charge in [-0.2, -0.15) is 35.5 Å². The standard InChI is InChI=1S/C30H25.C12H7Si.2ClH.Zr/c1-2-11-22-20-25-18-19-27(24-14-7-4-8-15-24)30(29(25)21-22)28-17-10-9-16-26(28)23-12-5-3-6-13-23;1-3-7-11-9(5-1)10-6-2-4-8-12(10)13-11;;;/h3-10,12-21H,2,11H2,1H3;1-7H;2*1H;/q2*-1;;;+4/p-2. The third-order valence-electron chi connectivity index (χ3n) is 8.19. The van der Waals surface area contributed by atoms with E-state index < -0.39 is 20.8 Å². The van der Waals surface area contributed by atoms with Crippen LogP contribution in [-0.4, -0.2) is 9.52 Å². The number of aryl methyl sites for hydroxylation is 1. The van der Waals surface area contributed by atoms with Gasteiger partial charge in [0.2, 0.25) is 0 Å². The molecule has 1 aliphatic rings. The normalized spacial score (nSPS) is 10.9. The number of rotatable bonds is 5. The summed E-state index contributed by atoms with van der Waals surface area (Å²) in [5.41, 5.74) is 11.9. The van der Waals surface area contributed by atoms with E-state index in [1.54, 1.807) is 0 Å². The fourth-order valence-electron chi connectivity index (χ4n) is 6.22. The van der Waals surface area contributed by atoms with Crippen molar-refractivity contribution in [1.82, 2.24) is 0 Å². The Morgan fingerprint density at radius 2 is 1.22 bits per heavy atom. The van der Waals surface area contributed by atoms with Crippen molar-refractivity contribution >= 4 is 47.7 Å². The van der Waals surface area contributed by atoms with Crippen LogP contribution in [0.5, 0.6) is 0 Å². The second-order valence-corrected chi connectivity index (χ2v) is 16.1. The van der Waals surface area contributed by atoms with Crippen molar-refractivity contribution in [1.29, 1.82) is 0 Å². The summed E-state index contributed by atoms with van der Waals surface area (Å²) in [6.45, 7) is 2.25. The third kappa shape index (κ3) is 7.27. The maximum absolute atomic E-state index is 4.93. The summed E-state index contributed by atoms with van der Waals surface area (Å²) in [7, 11) is 10.7. The minimum atomic E-state index is -0.826. The van der Waals surface area contributed by atoms with Crippen molar-refractivity contribution in [3.8, 4) is 44.5 Å². The molecule has 0 atom stereocenters. The van der Waals surface area contributed by atoms with Crippen LogP contribution in [0.2, 0.25) is 0 Å². The molecule has 0 bridgehead atoms. The van der Waals surface area contributed by atoms with Crippen LogP contribution in [0.4, 0.5) is 0 Å². The number of hydrogen-bond donors (Lipinski definition) is 0. The van der Waals surface area contributed by atoms with Crippen LogP contribution in [-0.2, 0) is 27.3 Å². The Balaban J connectivity index is 0.000000191. The maximum atomic E-state index is 4.93. The van der Waals surface area contributed by atoms with Gasteiger partial charge in [0.05, 0.1) is 9.52 Å². The molecule has 222 valence electrons. The largest absolute Gasteiger partial charge is 0.184 e. The van der Waals surface area contributed by atoms with E-state index in [2.05, 4.69) is 159 Å². The van der Waals surface area contributed by atoms with E-state index in [-0.39, 0.29) is 0 Å². The van der Waals surface area contributed by atoms with Gasteiger partial charge in [0.25, 0.3) is 0 Å². The summed E-state index contributed by atoms with van der Waals surface area (Å²) in [6.07, 6.45) is 2.28. The van der Waals surface area contributed by atoms with E-state index in [0.717, 1.165) is 22.4 Å². The van der Waals surface area contributed by atoms with Crippen LogP contribution in [0.1, 0.15) is 18.9 Å². The van der Waals surface area contributed by atoms with E-state index in [9.17, 15) is 0 Å². The Hall–Kier alpha value is -3.39. The van der Waals surface area contributed by atoms with Gasteiger partial charge in [0.15, 0.2) is 0 Å². The Morgan fingerprint density at radius 1 is 0.630 bits per heavy atom. The molecule has 4 heteroatoms. The van der Waals surface area contributed by atoms with Crippen LogP contribution >= 0.6 is 17.0 Å². The van der Waals surface area contributed by atoms with E-state index in [4.69, 9.17) is 17.0 Å². The summed E-state index contributed by atoms with van der Waals surface area (Å²) < 4.78 is 0. The summed E-state index contributed by atoms with van der Waals surface area (Å²) in [5, 5.41) is 5.50. The Labute approximate surface area is 293 Å². The van der Waals surface area contributed by atoms with E-state index in [0.29, 0.717) is 0 Å². The minimum absolute atomic E-state index is 0.795. The molecule has 0 nitrogen and oxygen atoms in total. The molecule has 0 fully saturated rings.